The zero-order chi connectivity index (χ0) is 17.9. The number of nitrogens with zero attached hydrogens (tertiary/aromatic N) is 4. The van der Waals surface area contributed by atoms with Crippen molar-refractivity contribution < 1.29 is 14.0 Å². The molecule has 26 heavy (non-hydrogen) atoms. The molecular weight excluding hydrogens is 352 g/mol. The molecule has 3 aromatic rings. The first-order chi connectivity index (χ1) is 12.7. The number of thioether (sulfide) groups is 1. The van der Waals surface area contributed by atoms with Crippen molar-refractivity contribution in [2.45, 2.75) is 30.5 Å². The molecule has 7 nitrogen and oxygen atoms in total. The van der Waals surface area contributed by atoms with Gasteiger partial charge in [-0.1, -0.05) is 35.1 Å². The third-order valence-corrected chi connectivity index (χ3v) is 4.86. The average molecular weight is 370 g/mol. The van der Waals surface area contributed by atoms with E-state index >= 15 is 0 Å². The molecular formula is C18H18N4O3S. The predicted octanol–water partition coefficient (Wildman–Crippen LogP) is 3.57. The van der Waals surface area contributed by atoms with Gasteiger partial charge in [0.05, 0.1) is 11.4 Å². The number of para-hydroxylation sites is 2. The van der Waals surface area contributed by atoms with Gasteiger partial charge in [-0.15, -0.1) is 16.8 Å². The van der Waals surface area contributed by atoms with Gasteiger partial charge in [0.25, 0.3) is 0 Å². The van der Waals surface area contributed by atoms with E-state index in [1.807, 2.05) is 47.9 Å². The summed E-state index contributed by atoms with van der Waals surface area (Å²) in [6.45, 7) is 6.70. The molecule has 4 rings (SSSR count). The number of benzene rings is 1. The molecule has 0 saturated heterocycles. The molecule has 1 aliphatic heterocycles. The number of ether oxygens (including phenoxy) is 2. The highest BCUT2D eigenvalue weighted by Gasteiger charge is 2.28. The molecule has 0 amide bonds. The second-order valence-corrected chi connectivity index (χ2v) is 6.77. The summed E-state index contributed by atoms with van der Waals surface area (Å²) in [5.74, 6) is 3.60. The Balaban J connectivity index is 1.55. The summed E-state index contributed by atoms with van der Waals surface area (Å²) in [6, 6.07) is 9.53. The van der Waals surface area contributed by atoms with Crippen LogP contribution < -0.4 is 9.47 Å². The Morgan fingerprint density at radius 2 is 2.15 bits per heavy atom. The molecule has 8 heteroatoms. The van der Waals surface area contributed by atoms with E-state index < -0.39 is 0 Å². The monoisotopic (exact) mass is 370 g/mol. The van der Waals surface area contributed by atoms with Crippen molar-refractivity contribution >= 4 is 11.8 Å². The highest BCUT2D eigenvalue weighted by Crippen LogP contribution is 2.36. The van der Waals surface area contributed by atoms with Crippen molar-refractivity contribution in [1.29, 1.82) is 0 Å². The standard InChI is InChI=1S/C18H18N4O3S/c1-3-8-22-17(16-10-23-14-6-4-5-7-15(14)24-16)19-20-18(22)26-11-13-9-12(2)21-25-13/h3-7,9,16H,1,8,10-11H2,2H3. The lowest BCUT2D eigenvalue weighted by atomic mass is 10.2. The summed E-state index contributed by atoms with van der Waals surface area (Å²) < 4.78 is 19.1. The third-order valence-electron chi connectivity index (χ3n) is 3.87. The maximum atomic E-state index is 6.06. The zero-order valence-electron chi connectivity index (χ0n) is 14.3. The number of rotatable bonds is 6. The molecule has 1 atom stereocenters. The van der Waals surface area contributed by atoms with Crippen LogP contribution in [0.1, 0.15) is 23.4 Å². The molecule has 0 N–H and O–H groups in total. The highest BCUT2D eigenvalue weighted by atomic mass is 32.2. The van der Waals surface area contributed by atoms with E-state index in [9.17, 15) is 0 Å². The van der Waals surface area contributed by atoms with Crippen LogP contribution in [-0.2, 0) is 12.3 Å². The maximum absolute atomic E-state index is 6.06. The SMILES string of the molecule is C=CCn1c(SCc2cc(C)no2)nnc1C1COc2ccccc2O1. The van der Waals surface area contributed by atoms with Crippen molar-refractivity contribution in [3.8, 4) is 11.5 Å². The summed E-state index contributed by atoms with van der Waals surface area (Å²) in [6.07, 6.45) is 1.49. The molecule has 1 unspecified atom stereocenters. The Kier molecular flexibility index (Phi) is 4.66. The molecule has 0 fully saturated rings. The second-order valence-electron chi connectivity index (χ2n) is 5.83. The number of fused-ring (bicyclic) bond motifs is 1. The Hall–Kier alpha value is -2.74. The molecule has 0 spiro atoms. The zero-order valence-corrected chi connectivity index (χ0v) is 15.1. The van der Waals surface area contributed by atoms with E-state index in [0.717, 1.165) is 28.2 Å². The smallest absolute Gasteiger partial charge is 0.192 e. The number of hydrogen-bond donors (Lipinski definition) is 0. The lowest BCUT2D eigenvalue weighted by Gasteiger charge is -2.26. The fraction of sp³-hybridized carbons (Fsp3) is 0.278. The van der Waals surface area contributed by atoms with Gasteiger partial charge in [-0.25, -0.2) is 0 Å². The largest absolute Gasteiger partial charge is 0.485 e. The topological polar surface area (TPSA) is 75.2 Å². The van der Waals surface area contributed by atoms with Crippen molar-refractivity contribution in [1.82, 2.24) is 19.9 Å². The number of aryl methyl sites for hydroxylation is 1. The van der Waals surface area contributed by atoms with E-state index in [1.165, 1.54) is 11.8 Å². The first-order valence-electron chi connectivity index (χ1n) is 8.22. The minimum absolute atomic E-state index is 0.320. The summed E-state index contributed by atoms with van der Waals surface area (Å²) in [7, 11) is 0. The average Bonchev–Trinajstić information content (AvgIpc) is 3.26. The van der Waals surface area contributed by atoms with Gasteiger partial charge in [-0.3, -0.25) is 4.57 Å². The molecule has 0 bridgehead atoms. The molecule has 0 saturated carbocycles. The lowest BCUT2D eigenvalue weighted by molar-refractivity contribution is 0.0821. The minimum atomic E-state index is -0.320. The van der Waals surface area contributed by atoms with Crippen LogP contribution in [0.5, 0.6) is 11.5 Å². The van der Waals surface area contributed by atoms with Crippen LogP contribution in [0.25, 0.3) is 0 Å². The Labute approximate surface area is 155 Å². The fourth-order valence-electron chi connectivity index (χ4n) is 2.71. The number of hydrogen-bond acceptors (Lipinski definition) is 7. The number of allylic oxidation sites excluding steroid dienone is 1. The van der Waals surface area contributed by atoms with Crippen LogP contribution in [0.15, 0.2) is 52.7 Å². The number of aromatic nitrogens is 4. The van der Waals surface area contributed by atoms with Crippen LogP contribution in [0, 0.1) is 6.92 Å². The van der Waals surface area contributed by atoms with Crippen LogP contribution >= 0.6 is 11.8 Å². The molecule has 134 valence electrons. The molecule has 0 aliphatic carbocycles. The molecule has 1 aromatic carbocycles. The van der Waals surface area contributed by atoms with Crippen LogP contribution in [0.3, 0.4) is 0 Å². The van der Waals surface area contributed by atoms with Crippen molar-refractivity contribution in [3.05, 3.63) is 60.3 Å². The van der Waals surface area contributed by atoms with E-state index in [1.54, 1.807) is 0 Å². The third kappa shape index (κ3) is 3.32. The first kappa shape index (κ1) is 16.7. The molecule has 3 heterocycles. The van der Waals surface area contributed by atoms with E-state index in [2.05, 4.69) is 21.9 Å². The maximum Gasteiger partial charge on any atom is 0.192 e. The van der Waals surface area contributed by atoms with Gasteiger partial charge < -0.3 is 14.0 Å². The predicted molar refractivity (Wildman–Crippen MR) is 96.3 cm³/mol. The molecule has 0 radical (unpaired) electrons. The van der Waals surface area contributed by atoms with Gasteiger partial charge in [0.1, 0.15) is 12.4 Å². The van der Waals surface area contributed by atoms with Gasteiger partial charge in [0, 0.05) is 12.6 Å². The van der Waals surface area contributed by atoms with Gasteiger partial charge >= 0.3 is 0 Å². The Bertz CT molecular complexity index is 921. The quantitative estimate of drug-likeness (QED) is 0.485. The van der Waals surface area contributed by atoms with Gasteiger partial charge in [0.15, 0.2) is 28.6 Å². The van der Waals surface area contributed by atoms with Crippen molar-refractivity contribution in [2.75, 3.05) is 6.61 Å². The van der Waals surface area contributed by atoms with E-state index in [0.29, 0.717) is 24.7 Å². The van der Waals surface area contributed by atoms with E-state index in [4.69, 9.17) is 14.0 Å². The van der Waals surface area contributed by atoms with Gasteiger partial charge in [-0.2, -0.15) is 0 Å². The molecule has 1 aliphatic rings. The van der Waals surface area contributed by atoms with Gasteiger partial charge in [0.2, 0.25) is 0 Å². The van der Waals surface area contributed by atoms with Crippen LogP contribution in [0.4, 0.5) is 0 Å². The summed E-state index contributed by atoms with van der Waals surface area (Å²) in [4.78, 5) is 0. The minimum Gasteiger partial charge on any atom is -0.485 e. The Morgan fingerprint density at radius 1 is 1.31 bits per heavy atom. The summed E-state index contributed by atoms with van der Waals surface area (Å²) >= 11 is 1.54. The van der Waals surface area contributed by atoms with Crippen LogP contribution in [0.2, 0.25) is 0 Å². The fourth-order valence-corrected chi connectivity index (χ4v) is 3.54. The van der Waals surface area contributed by atoms with Crippen LogP contribution in [-0.4, -0.2) is 26.5 Å². The van der Waals surface area contributed by atoms with E-state index in [-0.39, 0.29) is 6.10 Å². The summed E-state index contributed by atoms with van der Waals surface area (Å²) in [5, 5.41) is 13.3. The molecule has 2 aromatic heterocycles. The van der Waals surface area contributed by atoms with Crippen molar-refractivity contribution in [3.63, 3.8) is 0 Å². The summed E-state index contributed by atoms with van der Waals surface area (Å²) in [5.41, 5.74) is 0.861. The normalized spacial score (nSPS) is 15.8. The first-order valence-corrected chi connectivity index (χ1v) is 9.20. The van der Waals surface area contributed by atoms with Gasteiger partial charge in [-0.05, 0) is 19.1 Å². The highest BCUT2D eigenvalue weighted by molar-refractivity contribution is 7.98. The second kappa shape index (κ2) is 7.25. The van der Waals surface area contributed by atoms with Crippen molar-refractivity contribution in [2.24, 2.45) is 0 Å². The Morgan fingerprint density at radius 3 is 2.92 bits per heavy atom. The lowest BCUT2D eigenvalue weighted by Crippen LogP contribution is -2.25.